The van der Waals surface area contributed by atoms with Crippen LogP contribution < -0.4 is 0 Å². The average molecular weight is 357 g/mol. The zero-order chi connectivity index (χ0) is 19.0. The Morgan fingerprint density at radius 2 is 1.00 bits per heavy atom. The Morgan fingerprint density at radius 3 is 1.36 bits per heavy atom. The van der Waals surface area contributed by atoms with Gasteiger partial charge in [0.15, 0.2) is 0 Å². The van der Waals surface area contributed by atoms with Crippen LogP contribution in [0.1, 0.15) is 129 Å². The molecule has 0 saturated carbocycles. The van der Waals surface area contributed by atoms with Crippen molar-refractivity contribution in [2.75, 3.05) is 0 Å². The molecule has 0 atom stereocenters. The standard InChI is InChI=1S/C11H22O2.C11H22O/c1-2-3-4-5-6-7-8-9-10-11(12)13;1-2-3-4-5-6-7-8-9-10-11-12/h2-10H2,1H3,(H,12,13);11H,2-10H2,1H3. The molecule has 0 aliphatic rings. The van der Waals surface area contributed by atoms with Gasteiger partial charge in [-0.2, -0.15) is 0 Å². The van der Waals surface area contributed by atoms with Crippen LogP contribution in [0.2, 0.25) is 0 Å². The highest BCUT2D eigenvalue weighted by atomic mass is 16.4. The van der Waals surface area contributed by atoms with Gasteiger partial charge >= 0.3 is 5.97 Å². The van der Waals surface area contributed by atoms with E-state index in [1.807, 2.05) is 0 Å². The van der Waals surface area contributed by atoms with Gasteiger partial charge in [0.05, 0.1) is 0 Å². The number of hydrogen-bond donors (Lipinski definition) is 1. The molecule has 1 N–H and O–H groups in total. The fraction of sp³-hybridized carbons (Fsp3) is 0.909. The van der Waals surface area contributed by atoms with Gasteiger partial charge in [-0.3, -0.25) is 4.79 Å². The van der Waals surface area contributed by atoms with Gasteiger partial charge in [0, 0.05) is 12.8 Å². The second-order valence-electron chi connectivity index (χ2n) is 7.05. The van der Waals surface area contributed by atoms with E-state index in [0.717, 1.165) is 32.0 Å². The van der Waals surface area contributed by atoms with Crippen molar-refractivity contribution < 1.29 is 14.7 Å². The van der Waals surface area contributed by atoms with Gasteiger partial charge in [0.1, 0.15) is 6.29 Å². The summed E-state index contributed by atoms with van der Waals surface area (Å²) in [5, 5.41) is 8.39. The predicted octanol–water partition coefficient (Wildman–Crippen LogP) is 7.32. The Balaban J connectivity index is 0. The minimum absolute atomic E-state index is 0.342. The average Bonchev–Trinajstić information content (AvgIpc) is 2.60. The fourth-order valence-electron chi connectivity index (χ4n) is 2.77. The third-order valence-electron chi connectivity index (χ3n) is 4.42. The molecule has 150 valence electrons. The van der Waals surface area contributed by atoms with Crippen molar-refractivity contribution >= 4 is 12.3 Å². The van der Waals surface area contributed by atoms with Crippen LogP contribution in [0.15, 0.2) is 0 Å². The fourth-order valence-corrected chi connectivity index (χ4v) is 2.77. The van der Waals surface area contributed by atoms with Crippen LogP contribution in [-0.4, -0.2) is 17.4 Å². The highest BCUT2D eigenvalue weighted by Crippen LogP contribution is 2.09. The van der Waals surface area contributed by atoms with Crippen molar-refractivity contribution in [1.29, 1.82) is 0 Å². The third kappa shape index (κ3) is 31.4. The summed E-state index contributed by atoms with van der Waals surface area (Å²) in [6, 6.07) is 0. The molecule has 0 heterocycles. The maximum absolute atomic E-state index is 10.2. The summed E-state index contributed by atoms with van der Waals surface area (Å²) in [4.78, 5) is 20.2. The van der Waals surface area contributed by atoms with E-state index in [1.165, 1.54) is 83.5 Å². The SMILES string of the molecule is CCCCCCCCCCC(=O)O.CCCCCCCCCCC=O. The Hall–Kier alpha value is -0.860. The third-order valence-corrected chi connectivity index (χ3v) is 4.42. The lowest BCUT2D eigenvalue weighted by atomic mass is 10.1. The first kappa shape index (κ1) is 26.4. The molecule has 0 spiro atoms. The van der Waals surface area contributed by atoms with Gasteiger partial charge in [-0.1, -0.05) is 104 Å². The van der Waals surface area contributed by atoms with E-state index in [9.17, 15) is 9.59 Å². The van der Waals surface area contributed by atoms with Gasteiger partial charge < -0.3 is 9.90 Å². The highest BCUT2D eigenvalue weighted by Gasteiger charge is 1.96. The molecule has 0 unspecified atom stereocenters. The number of rotatable bonds is 18. The van der Waals surface area contributed by atoms with Crippen molar-refractivity contribution in [1.82, 2.24) is 0 Å². The maximum atomic E-state index is 10.2. The molecule has 0 fully saturated rings. The van der Waals surface area contributed by atoms with Crippen molar-refractivity contribution in [2.24, 2.45) is 0 Å². The van der Waals surface area contributed by atoms with Crippen molar-refractivity contribution in [3.8, 4) is 0 Å². The molecule has 25 heavy (non-hydrogen) atoms. The zero-order valence-corrected chi connectivity index (χ0v) is 17.1. The zero-order valence-electron chi connectivity index (χ0n) is 17.1. The summed E-state index contributed by atoms with van der Waals surface area (Å²) < 4.78 is 0. The Kier molecular flexibility index (Phi) is 26.8. The normalized spacial score (nSPS) is 10.2. The summed E-state index contributed by atoms with van der Waals surface area (Å²) >= 11 is 0. The second-order valence-corrected chi connectivity index (χ2v) is 7.05. The topological polar surface area (TPSA) is 54.4 Å². The van der Waals surface area contributed by atoms with Gasteiger partial charge in [0.25, 0.3) is 0 Å². The molecular weight excluding hydrogens is 312 g/mol. The molecule has 0 amide bonds. The van der Waals surface area contributed by atoms with Crippen LogP contribution in [0.25, 0.3) is 0 Å². The number of aliphatic carboxylic acids is 1. The second kappa shape index (κ2) is 25.4. The number of unbranched alkanes of at least 4 members (excludes halogenated alkanes) is 15. The maximum Gasteiger partial charge on any atom is 0.303 e. The first-order valence-corrected chi connectivity index (χ1v) is 10.8. The van der Waals surface area contributed by atoms with Crippen LogP contribution in [0.4, 0.5) is 0 Å². The van der Waals surface area contributed by atoms with Crippen LogP contribution in [0.5, 0.6) is 0 Å². The molecule has 0 aliphatic heterocycles. The summed E-state index contributed by atoms with van der Waals surface area (Å²) in [6.07, 6.45) is 22.3. The summed E-state index contributed by atoms with van der Waals surface area (Å²) in [5.74, 6) is -0.661. The van der Waals surface area contributed by atoms with Crippen molar-refractivity contribution in [3.05, 3.63) is 0 Å². The molecule has 0 rings (SSSR count). The number of aldehydes is 1. The largest absolute Gasteiger partial charge is 0.481 e. The van der Waals surface area contributed by atoms with E-state index in [4.69, 9.17) is 5.11 Å². The first-order valence-electron chi connectivity index (χ1n) is 10.8. The summed E-state index contributed by atoms with van der Waals surface area (Å²) in [6.45, 7) is 4.46. The molecule has 0 aromatic carbocycles. The van der Waals surface area contributed by atoms with E-state index in [2.05, 4.69) is 13.8 Å². The Bertz CT molecular complexity index is 264. The molecule has 0 aliphatic carbocycles. The minimum Gasteiger partial charge on any atom is -0.481 e. The predicted molar refractivity (Wildman–Crippen MR) is 108 cm³/mol. The minimum atomic E-state index is -0.661. The first-order chi connectivity index (χ1) is 12.2. The van der Waals surface area contributed by atoms with Crippen LogP contribution >= 0.6 is 0 Å². The number of carbonyl (C=O) groups is 2. The van der Waals surface area contributed by atoms with E-state index in [1.54, 1.807) is 0 Å². The Morgan fingerprint density at radius 1 is 0.640 bits per heavy atom. The van der Waals surface area contributed by atoms with Crippen molar-refractivity contribution in [2.45, 2.75) is 129 Å². The van der Waals surface area contributed by atoms with E-state index in [0.29, 0.717) is 6.42 Å². The van der Waals surface area contributed by atoms with E-state index < -0.39 is 5.97 Å². The lowest BCUT2D eigenvalue weighted by Crippen LogP contribution is -1.93. The molecule has 0 aromatic rings. The molecule has 0 saturated heterocycles. The van der Waals surface area contributed by atoms with Crippen LogP contribution in [0, 0.1) is 0 Å². The van der Waals surface area contributed by atoms with Gasteiger partial charge in [0.2, 0.25) is 0 Å². The molecule has 3 nitrogen and oxygen atoms in total. The summed E-state index contributed by atoms with van der Waals surface area (Å²) in [5.41, 5.74) is 0. The molecule has 0 bridgehead atoms. The van der Waals surface area contributed by atoms with E-state index >= 15 is 0 Å². The number of carboxylic acid groups (broad SMARTS) is 1. The Labute approximate surface area is 157 Å². The molecular formula is C22H44O3. The van der Waals surface area contributed by atoms with Gasteiger partial charge in [-0.05, 0) is 12.8 Å². The van der Waals surface area contributed by atoms with Crippen LogP contribution in [0.3, 0.4) is 0 Å². The van der Waals surface area contributed by atoms with E-state index in [-0.39, 0.29) is 0 Å². The molecule has 0 radical (unpaired) electrons. The highest BCUT2D eigenvalue weighted by molar-refractivity contribution is 5.66. The van der Waals surface area contributed by atoms with Gasteiger partial charge in [-0.25, -0.2) is 0 Å². The monoisotopic (exact) mass is 356 g/mol. The van der Waals surface area contributed by atoms with Crippen molar-refractivity contribution in [3.63, 3.8) is 0 Å². The molecule has 0 aromatic heterocycles. The van der Waals surface area contributed by atoms with Crippen LogP contribution in [-0.2, 0) is 9.59 Å². The molecule has 3 heteroatoms. The smallest absolute Gasteiger partial charge is 0.303 e. The summed E-state index contributed by atoms with van der Waals surface area (Å²) in [7, 11) is 0. The number of carbonyl (C=O) groups excluding carboxylic acids is 1. The number of carboxylic acids is 1. The number of hydrogen-bond acceptors (Lipinski definition) is 2. The lowest BCUT2D eigenvalue weighted by molar-refractivity contribution is -0.137. The quantitative estimate of drug-likeness (QED) is 0.207. The van der Waals surface area contributed by atoms with Gasteiger partial charge in [-0.15, -0.1) is 0 Å². The lowest BCUT2D eigenvalue weighted by Gasteiger charge is -1.99.